The number of benzene rings is 1. The second-order valence-corrected chi connectivity index (χ2v) is 12.9. The van der Waals surface area contributed by atoms with E-state index in [2.05, 4.69) is 26.3 Å². The number of anilines is 2. The number of fused-ring (bicyclic) bond motifs is 1. The third-order valence-electron chi connectivity index (χ3n) is 7.53. The molecule has 1 aliphatic heterocycles. The molecular formula is C29H31ClFN7O4S. The molecule has 1 saturated heterocycles. The SMILES string of the molecule is Cc1ccc(C2CCN(c3nc4c([C@@H](C)Nc5ccc(Cl)nc5C(=O)NS(C)(=O)=O)cc(F)cc4c(=O)n3C)CC2)cn1. The van der Waals surface area contributed by atoms with E-state index >= 15 is 0 Å². The summed E-state index contributed by atoms with van der Waals surface area (Å²) in [6.45, 7) is 5.00. The van der Waals surface area contributed by atoms with E-state index in [9.17, 15) is 22.4 Å². The van der Waals surface area contributed by atoms with Gasteiger partial charge in [-0.3, -0.25) is 19.1 Å². The molecule has 0 aliphatic carbocycles. The van der Waals surface area contributed by atoms with Crippen LogP contribution in [0.4, 0.5) is 16.0 Å². The number of carbonyl (C=O) groups is 1. The van der Waals surface area contributed by atoms with E-state index in [1.165, 1.54) is 28.3 Å². The normalized spacial score (nSPS) is 15.0. The van der Waals surface area contributed by atoms with Gasteiger partial charge in [0, 0.05) is 37.6 Å². The van der Waals surface area contributed by atoms with Gasteiger partial charge in [-0.05, 0) is 68.5 Å². The Hall–Kier alpha value is -4.10. The highest BCUT2D eigenvalue weighted by atomic mass is 35.5. The van der Waals surface area contributed by atoms with Gasteiger partial charge in [-0.2, -0.15) is 0 Å². The number of nitrogens with one attached hydrogen (secondary N) is 2. The average Bonchev–Trinajstić information content (AvgIpc) is 2.95. The zero-order valence-electron chi connectivity index (χ0n) is 24.1. The van der Waals surface area contributed by atoms with Gasteiger partial charge in [0.05, 0.1) is 28.9 Å². The number of aryl methyl sites for hydroxylation is 1. The Kier molecular flexibility index (Phi) is 8.39. The smallest absolute Gasteiger partial charge is 0.285 e. The molecule has 1 aliphatic rings. The van der Waals surface area contributed by atoms with Crippen molar-refractivity contribution in [1.29, 1.82) is 0 Å². The van der Waals surface area contributed by atoms with Crippen molar-refractivity contribution in [2.45, 2.75) is 38.6 Å². The number of rotatable bonds is 7. The van der Waals surface area contributed by atoms with Crippen LogP contribution in [0.3, 0.4) is 0 Å². The summed E-state index contributed by atoms with van der Waals surface area (Å²) in [5.41, 5.74) is 2.35. The molecule has 0 unspecified atom stereocenters. The molecule has 1 atom stereocenters. The van der Waals surface area contributed by atoms with E-state index in [1.807, 2.05) is 23.9 Å². The predicted octanol–water partition coefficient (Wildman–Crippen LogP) is 4.07. The average molecular weight is 628 g/mol. The molecule has 4 heterocycles. The maximum absolute atomic E-state index is 14.9. The first-order chi connectivity index (χ1) is 20.3. The van der Waals surface area contributed by atoms with Crippen molar-refractivity contribution in [3.63, 3.8) is 0 Å². The van der Waals surface area contributed by atoms with Gasteiger partial charge in [-0.25, -0.2) is 27.5 Å². The molecule has 1 fully saturated rings. The Morgan fingerprint density at radius 2 is 1.86 bits per heavy atom. The van der Waals surface area contributed by atoms with Crippen LogP contribution >= 0.6 is 11.6 Å². The van der Waals surface area contributed by atoms with Crippen molar-refractivity contribution in [3.8, 4) is 0 Å². The van der Waals surface area contributed by atoms with Crippen molar-refractivity contribution >= 4 is 50.1 Å². The molecule has 226 valence electrons. The minimum atomic E-state index is -3.88. The summed E-state index contributed by atoms with van der Waals surface area (Å²) < 4.78 is 41.5. The van der Waals surface area contributed by atoms with Gasteiger partial charge >= 0.3 is 0 Å². The minimum Gasteiger partial charge on any atom is -0.377 e. The summed E-state index contributed by atoms with van der Waals surface area (Å²) in [4.78, 5) is 41.5. The Labute approximate surface area is 253 Å². The van der Waals surface area contributed by atoms with E-state index in [1.54, 1.807) is 14.0 Å². The highest BCUT2D eigenvalue weighted by Crippen LogP contribution is 2.32. The molecule has 14 heteroatoms. The zero-order chi connectivity index (χ0) is 31.1. The largest absolute Gasteiger partial charge is 0.377 e. The second-order valence-electron chi connectivity index (χ2n) is 10.8. The highest BCUT2D eigenvalue weighted by molar-refractivity contribution is 7.89. The Balaban J connectivity index is 1.48. The summed E-state index contributed by atoms with van der Waals surface area (Å²) in [7, 11) is -2.25. The van der Waals surface area contributed by atoms with Gasteiger partial charge in [-0.1, -0.05) is 17.7 Å². The van der Waals surface area contributed by atoms with Crippen molar-refractivity contribution in [2.24, 2.45) is 7.05 Å². The molecule has 11 nitrogen and oxygen atoms in total. The minimum absolute atomic E-state index is 0.0229. The first-order valence-corrected chi connectivity index (χ1v) is 15.9. The zero-order valence-corrected chi connectivity index (χ0v) is 25.6. The fourth-order valence-electron chi connectivity index (χ4n) is 5.35. The number of piperidine rings is 1. The van der Waals surface area contributed by atoms with Crippen LogP contribution in [0.15, 0.2) is 47.4 Å². The topological polar surface area (TPSA) is 139 Å². The van der Waals surface area contributed by atoms with Crippen LogP contribution in [-0.4, -0.2) is 53.2 Å². The van der Waals surface area contributed by atoms with Crippen LogP contribution in [0, 0.1) is 12.7 Å². The molecule has 0 bridgehead atoms. The van der Waals surface area contributed by atoms with E-state index in [4.69, 9.17) is 16.6 Å². The fraction of sp³-hybridized carbons (Fsp3) is 0.345. The van der Waals surface area contributed by atoms with E-state index in [0.717, 1.165) is 30.9 Å². The number of aromatic nitrogens is 4. The summed E-state index contributed by atoms with van der Waals surface area (Å²) in [5, 5.41) is 3.18. The highest BCUT2D eigenvalue weighted by Gasteiger charge is 2.26. The van der Waals surface area contributed by atoms with E-state index < -0.39 is 27.8 Å². The van der Waals surface area contributed by atoms with Gasteiger partial charge in [0.1, 0.15) is 11.0 Å². The molecule has 0 spiro atoms. The summed E-state index contributed by atoms with van der Waals surface area (Å²) in [5.74, 6) is -0.792. The molecule has 4 aromatic rings. The molecule has 43 heavy (non-hydrogen) atoms. The monoisotopic (exact) mass is 627 g/mol. The molecule has 1 aromatic carbocycles. The number of pyridine rings is 2. The molecule has 0 radical (unpaired) electrons. The second kappa shape index (κ2) is 11.9. The molecule has 1 amide bonds. The predicted molar refractivity (Wildman–Crippen MR) is 164 cm³/mol. The molecular weight excluding hydrogens is 597 g/mol. The quantitative estimate of drug-likeness (QED) is 0.290. The summed E-state index contributed by atoms with van der Waals surface area (Å²) in [6, 6.07) is 8.78. The Morgan fingerprint density at radius 3 is 2.51 bits per heavy atom. The molecule has 0 saturated carbocycles. The molecule has 2 N–H and O–H groups in total. The van der Waals surface area contributed by atoms with Crippen LogP contribution in [-0.2, 0) is 17.1 Å². The lowest BCUT2D eigenvalue weighted by Gasteiger charge is -2.33. The lowest BCUT2D eigenvalue weighted by Crippen LogP contribution is -2.37. The summed E-state index contributed by atoms with van der Waals surface area (Å²) in [6.07, 6.45) is 4.47. The lowest BCUT2D eigenvalue weighted by molar-refractivity contribution is 0.0977. The van der Waals surface area contributed by atoms with Gasteiger partial charge < -0.3 is 10.2 Å². The number of hydrogen-bond donors (Lipinski definition) is 2. The number of hydrogen-bond acceptors (Lipinski definition) is 9. The van der Waals surface area contributed by atoms with Crippen LogP contribution < -0.4 is 20.5 Å². The standard InChI is InChI=1S/C29H31ClFN7O4S/c1-16-5-6-19(15-32-16)18-9-11-38(12-10-18)29-35-25-21(13-20(31)14-22(25)28(40)37(29)3)17(2)33-23-7-8-24(30)34-26(23)27(39)36-43(4,41)42/h5-8,13-15,17-18,33H,9-12H2,1-4H3,(H,36,39)/t17-/m1/s1. The fourth-order valence-corrected chi connectivity index (χ4v) is 5.93. The Bertz CT molecular complexity index is 1880. The van der Waals surface area contributed by atoms with Crippen LogP contribution in [0.2, 0.25) is 5.15 Å². The maximum Gasteiger partial charge on any atom is 0.285 e. The van der Waals surface area contributed by atoms with Crippen molar-refractivity contribution < 1.29 is 17.6 Å². The molecule has 3 aromatic heterocycles. The van der Waals surface area contributed by atoms with Crippen LogP contribution in [0.5, 0.6) is 0 Å². The first kappa shape index (κ1) is 30.4. The van der Waals surface area contributed by atoms with Gasteiger partial charge in [-0.15, -0.1) is 0 Å². The third-order valence-corrected chi connectivity index (χ3v) is 8.29. The third kappa shape index (κ3) is 6.62. The maximum atomic E-state index is 14.9. The van der Waals surface area contributed by atoms with Crippen molar-refractivity contribution in [1.82, 2.24) is 24.2 Å². The van der Waals surface area contributed by atoms with Gasteiger partial charge in [0.15, 0.2) is 5.69 Å². The van der Waals surface area contributed by atoms with Gasteiger partial charge in [0.25, 0.3) is 11.5 Å². The van der Waals surface area contributed by atoms with Gasteiger partial charge in [0.2, 0.25) is 16.0 Å². The van der Waals surface area contributed by atoms with E-state index in [-0.39, 0.29) is 27.5 Å². The van der Waals surface area contributed by atoms with E-state index in [0.29, 0.717) is 36.0 Å². The molecule has 5 rings (SSSR count). The van der Waals surface area contributed by atoms with Crippen LogP contribution in [0.25, 0.3) is 10.9 Å². The van der Waals surface area contributed by atoms with Crippen molar-refractivity contribution in [2.75, 3.05) is 29.6 Å². The van der Waals surface area contributed by atoms with Crippen molar-refractivity contribution in [3.05, 3.63) is 86.4 Å². The number of halogens is 2. The lowest BCUT2D eigenvalue weighted by atomic mass is 9.90. The number of amides is 1. The number of nitrogens with zero attached hydrogens (tertiary/aromatic N) is 5. The Morgan fingerprint density at radius 1 is 1.14 bits per heavy atom. The van der Waals surface area contributed by atoms with Crippen LogP contribution in [0.1, 0.15) is 59.0 Å². The number of carbonyl (C=O) groups excluding carboxylic acids is 1. The first-order valence-electron chi connectivity index (χ1n) is 13.6. The number of sulfonamides is 1. The summed E-state index contributed by atoms with van der Waals surface area (Å²) >= 11 is 5.99.